The van der Waals surface area contributed by atoms with Gasteiger partial charge in [0.25, 0.3) is 0 Å². The van der Waals surface area contributed by atoms with Crippen LogP contribution >= 0.6 is 0 Å². The Bertz CT molecular complexity index is 348. The first-order valence-corrected chi connectivity index (χ1v) is 3.89. The number of hydrogen-bond donors (Lipinski definition) is 0. The van der Waals surface area contributed by atoms with E-state index in [0.717, 1.165) is 5.57 Å². The van der Waals surface area contributed by atoms with Crippen LogP contribution in [0.2, 0.25) is 0 Å². The minimum Gasteiger partial charge on any atom is -0.205 e. The van der Waals surface area contributed by atoms with Crippen molar-refractivity contribution in [3.8, 4) is 0 Å². The maximum Gasteiger partial charge on any atom is 0.185 e. The number of rotatable bonds is 0. The van der Waals surface area contributed by atoms with E-state index in [1.165, 1.54) is 6.08 Å². The molecule has 0 bridgehead atoms. The van der Waals surface area contributed by atoms with Crippen molar-refractivity contribution >= 4 is 11.9 Å². The maximum absolute atomic E-state index is 13.2. The van der Waals surface area contributed by atoms with Gasteiger partial charge in [-0.15, -0.1) is 0 Å². The van der Waals surface area contributed by atoms with Crippen molar-refractivity contribution in [2.75, 3.05) is 7.05 Å². The minimum absolute atomic E-state index is 0.0417. The van der Waals surface area contributed by atoms with Gasteiger partial charge >= 0.3 is 0 Å². The zero-order chi connectivity index (χ0) is 8.72. The Hall–Kier alpha value is -1.25. The van der Waals surface area contributed by atoms with E-state index in [1.807, 2.05) is 26.3 Å². The fourth-order valence-electron chi connectivity index (χ4n) is 1.51. The summed E-state index contributed by atoms with van der Waals surface area (Å²) in [6, 6.07) is 0. The van der Waals surface area contributed by atoms with Crippen molar-refractivity contribution in [2.24, 2.45) is 11.0 Å². The number of nitrogens with zero attached hydrogens (tertiary/aromatic N) is 2. The third-order valence-electron chi connectivity index (χ3n) is 2.00. The van der Waals surface area contributed by atoms with E-state index in [2.05, 4.69) is 5.10 Å². The van der Waals surface area contributed by atoms with Crippen LogP contribution in [0.3, 0.4) is 0 Å². The van der Waals surface area contributed by atoms with E-state index in [4.69, 9.17) is 0 Å². The van der Waals surface area contributed by atoms with Crippen LogP contribution in [0.1, 0.15) is 6.92 Å². The SMILES string of the molecule is CC1=CC2C=[N+](C)N=C2C(F)=C1. The minimum atomic E-state index is -0.208. The number of fused-ring (bicyclic) bond motifs is 1. The maximum atomic E-state index is 13.2. The highest BCUT2D eigenvalue weighted by Crippen LogP contribution is 2.22. The Balaban J connectivity index is 2.46. The molecule has 2 rings (SSSR count). The Morgan fingerprint density at radius 1 is 1.58 bits per heavy atom. The van der Waals surface area contributed by atoms with Crippen molar-refractivity contribution < 1.29 is 9.07 Å². The van der Waals surface area contributed by atoms with Gasteiger partial charge in [0.15, 0.2) is 24.8 Å². The predicted octanol–water partition coefficient (Wildman–Crippen LogP) is 1.50. The zero-order valence-electron chi connectivity index (χ0n) is 7.08. The second kappa shape index (κ2) is 2.37. The molecule has 1 unspecified atom stereocenters. The van der Waals surface area contributed by atoms with Crippen LogP contribution in [0, 0.1) is 5.92 Å². The Kier molecular flexibility index (Phi) is 1.46. The monoisotopic (exact) mass is 165 g/mol. The van der Waals surface area contributed by atoms with Crippen molar-refractivity contribution in [3.05, 3.63) is 23.6 Å². The van der Waals surface area contributed by atoms with Gasteiger partial charge in [-0.1, -0.05) is 16.3 Å². The molecule has 12 heavy (non-hydrogen) atoms. The number of hydrazone groups is 1. The van der Waals surface area contributed by atoms with E-state index in [-0.39, 0.29) is 11.7 Å². The molecule has 62 valence electrons. The first-order chi connectivity index (χ1) is 5.66. The van der Waals surface area contributed by atoms with Crippen LogP contribution in [-0.4, -0.2) is 23.7 Å². The lowest BCUT2D eigenvalue weighted by molar-refractivity contribution is -0.495. The largest absolute Gasteiger partial charge is 0.205 e. The van der Waals surface area contributed by atoms with Gasteiger partial charge in [-0.05, 0) is 18.1 Å². The van der Waals surface area contributed by atoms with E-state index in [1.54, 1.807) is 4.68 Å². The molecule has 0 spiro atoms. The van der Waals surface area contributed by atoms with Crippen molar-refractivity contribution in [1.29, 1.82) is 0 Å². The van der Waals surface area contributed by atoms with Gasteiger partial charge in [-0.3, -0.25) is 0 Å². The van der Waals surface area contributed by atoms with Gasteiger partial charge in [0.1, 0.15) is 5.92 Å². The highest BCUT2D eigenvalue weighted by molar-refractivity contribution is 6.11. The van der Waals surface area contributed by atoms with Crippen LogP contribution in [0.4, 0.5) is 4.39 Å². The summed E-state index contributed by atoms with van der Waals surface area (Å²) in [5.41, 5.74) is 1.49. The van der Waals surface area contributed by atoms with E-state index < -0.39 is 0 Å². The van der Waals surface area contributed by atoms with Gasteiger partial charge in [-0.2, -0.15) is 0 Å². The number of allylic oxidation sites excluding steroid dienone is 4. The molecule has 0 saturated heterocycles. The molecule has 3 heteroatoms. The summed E-state index contributed by atoms with van der Waals surface area (Å²) in [5.74, 6) is -0.166. The second-order valence-corrected chi connectivity index (χ2v) is 3.14. The average molecular weight is 165 g/mol. The summed E-state index contributed by atoms with van der Waals surface area (Å²) >= 11 is 0. The third kappa shape index (κ3) is 1.02. The smallest absolute Gasteiger partial charge is 0.185 e. The molecule has 0 N–H and O–H groups in total. The molecule has 0 amide bonds. The highest BCUT2D eigenvalue weighted by atomic mass is 19.1. The molecular formula is C9H10FN2+. The lowest BCUT2D eigenvalue weighted by Crippen LogP contribution is -2.14. The summed E-state index contributed by atoms with van der Waals surface area (Å²) in [6.45, 7) is 1.89. The molecule has 0 saturated carbocycles. The van der Waals surface area contributed by atoms with E-state index in [9.17, 15) is 4.39 Å². The molecule has 0 fully saturated rings. The van der Waals surface area contributed by atoms with Gasteiger partial charge in [0.05, 0.1) is 0 Å². The molecule has 0 aromatic rings. The predicted molar refractivity (Wildman–Crippen MR) is 46.1 cm³/mol. The first-order valence-electron chi connectivity index (χ1n) is 3.89. The highest BCUT2D eigenvalue weighted by Gasteiger charge is 2.30. The Labute approximate surface area is 70.4 Å². The summed E-state index contributed by atoms with van der Waals surface area (Å²) in [5, 5.41) is 4.03. The number of hydrogen-bond acceptors (Lipinski definition) is 1. The standard InChI is InChI=1S/C9H10FN2/c1-6-3-7-5-12(2)11-9(7)8(10)4-6/h3-5,7H,1-2H3/q+1. The average Bonchev–Trinajstić information content (AvgIpc) is 2.29. The van der Waals surface area contributed by atoms with Crippen molar-refractivity contribution in [1.82, 2.24) is 0 Å². The summed E-state index contributed by atoms with van der Waals surface area (Å²) in [7, 11) is 1.81. The normalized spacial score (nSPS) is 27.1. The quantitative estimate of drug-likeness (QED) is 0.483. The van der Waals surface area contributed by atoms with E-state index >= 15 is 0 Å². The Morgan fingerprint density at radius 2 is 2.33 bits per heavy atom. The van der Waals surface area contributed by atoms with Crippen LogP contribution in [0.15, 0.2) is 28.7 Å². The summed E-state index contributed by atoms with van der Waals surface area (Å²) in [6.07, 6.45) is 5.42. The fraction of sp³-hybridized carbons (Fsp3) is 0.333. The molecule has 2 aliphatic rings. The van der Waals surface area contributed by atoms with Gasteiger partial charge < -0.3 is 0 Å². The molecule has 2 nitrogen and oxygen atoms in total. The lowest BCUT2D eigenvalue weighted by Gasteiger charge is -2.06. The Morgan fingerprint density at radius 3 is 3.08 bits per heavy atom. The molecule has 0 radical (unpaired) electrons. The fourth-order valence-corrected chi connectivity index (χ4v) is 1.51. The molecule has 1 heterocycles. The van der Waals surface area contributed by atoms with Crippen LogP contribution in [0.5, 0.6) is 0 Å². The molecule has 1 aliphatic heterocycles. The first kappa shape index (κ1) is 7.40. The number of halogens is 1. The van der Waals surface area contributed by atoms with Crippen LogP contribution in [0.25, 0.3) is 0 Å². The zero-order valence-corrected chi connectivity index (χ0v) is 7.08. The third-order valence-corrected chi connectivity index (χ3v) is 2.00. The van der Waals surface area contributed by atoms with E-state index in [0.29, 0.717) is 5.71 Å². The molecular weight excluding hydrogens is 155 g/mol. The second-order valence-electron chi connectivity index (χ2n) is 3.14. The van der Waals surface area contributed by atoms with Gasteiger partial charge in [-0.25, -0.2) is 4.39 Å². The lowest BCUT2D eigenvalue weighted by atomic mass is 9.96. The van der Waals surface area contributed by atoms with Crippen LogP contribution < -0.4 is 0 Å². The van der Waals surface area contributed by atoms with Gasteiger partial charge in [0.2, 0.25) is 0 Å². The van der Waals surface area contributed by atoms with Gasteiger partial charge in [0, 0.05) is 0 Å². The molecule has 1 atom stereocenters. The topological polar surface area (TPSA) is 15.4 Å². The summed E-state index contributed by atoms with van der Waals surface area (Å²) in [4.78, 5) is 0. The molecule has 1 aliphatic carbocycles. The van der Waals surface area contributed by atoms with Crippen molar-refractivity contribution in [3.63, 3.8) is 0 Å². The van der Waals surface area contributed by atoms with Crippen molar-refractivity contribution in [2.45, 2.75) is 6.92 Å². The van der Waals surface area contributed by atoms with Crippen LogP contribution in [-0.2, 0) is 0 Å². The summed E-state index contributed by atoms with van der Waals surface area (Å²) < 4.78 is 14.9. The molecule has 0 aromatic carbocycles. The molecule has 0 aromatic heterocycles.